The summed E-state index contributed by atoms with van der Waals surface area (Å²) < 4.78 is 10.6. The van der Waals surface area contributed by atoms with Crippen LogP contribution in [0.25, 0.3) is 44.4 Å². The van der Waals surface area contributed by atoms with Crippen LogP contribution < -0.4 is 4.74 Å². The maximum absolute atomic E-state index is 6.46. The normalized spacial score (nSPS) is 11.6. The van der Waals surface area contributed by atoms with Crippen LogP contribution in [-0.2, 0) is 46.7 Å². The molecule has 0 aliphatic carbocycles. The van der Waals surface area contributed by atoms with Gasteiger partial charge in [-0.2, -0.15) is 17.2 Å². The summed E-state index contributed by atoms with van der Waals surface area (Å²) >= 11 is 0. The summed E-state index contributed by atoms with van der Waals surface area (Å²) in [6, 6.07) is 32.2. The summed E-state index contributed by atoms with van der Waals surface area (Å²) in [5.74, 6) is 3.29. The Labute approximate surface area is 329 Å². The Morgan fingerprint density at radius 1 is 0.755 bits per heavy atom. The second kappa shape index (κ2) is 16.7. The van der Waals surface area contributed by atoms with E-state index in [-0.39, 0.29) is 21.1 Å². The number of fused-ring (bicyclic) bond motifs is 3. The van der Waals surface area contributed by atoms with Gasteiger partial charge in [0, 0.05) is 35.0 Å². The van der Waals surface area contributed by atoms with Gasteiger partial charge in [0.1, 0.15) is 5.82 Å². The molecule has 53 heavy (non-hydrogen) atoms. The molecule has 4 aromatic carbocycles. The average molecular weight is 882 g/mol. The van der Waals surface area contributed by atoms with Crippen LogP contribution in [0.4, 0.5) is 0 Å². The first kappa shape index (κ1) is 38.3. The summed E-state index contributed by atoms with van der Waals surface area (Å²) in [6.45, 7) is 16.0. The van der Waals surface area contributed by atoms with Crippen molar-refractivity contribution in [3.8, 4) is 34.1 Å². The molecule has 0 fully saturated rings. The van der Waals surface area contributed by atoms with Gasteiger partial charge in [0.15, 0.2) is 0 Å². The Morgan fingerprint density at radius 2 is 1.53 bits per heavy atom. The standard InChI is InChI=1S/C47H50N4O.Pt/c1-8-13-34-26-35(23-31(3)4)43(24-32(5)6)42(14-9-2)47(34)36-29-49-50(30-36)37-15-12-16-38(27-37)52-39-19-20-41-40-17-10-11-18-44(40)51(45(41)28-39)46-25-33(7)21-22-48-46;/h10-12,15-22,25-26,29-32H,8-9,13-14,23-24H2,1-7H3;/q-2;+2. The van der Waals surface area contributed by atoms with Crippen LogP contribution in [0.2, 0.25) is 0 Å². The second-order valence-electron chi connectivity index (χ2n) is 15.0. The second-order valence-corrected chi connectivity index (χ2v) is 15.0. The van der Waals surface area contributed by atoms with Gasteiger partial charge >= 0.3 is 21.1 Å². The van der Waals surface area contributed by atoms with Crippen LogP contribution in [0.5, 0.6) is 11.5 Å². The first-order valence-electron chi connectivity index (χ1n) is 19.0. The van der Waals surface area contributed by atoms with Crippen molar-refractivity contribution in [2.75, 3.05) is 0 Å². The van der Waals surface area contributed by atoms with Crippen molar-refractivity contribution in [3.05, 3.63) is 131 Å². The van der Waals surface area contributed by atoms with Crippen molar-refractivity contribution in [1.82, 2.24) is 19.3 Å². The number of pyridine rings is 1. The minimum Gasteiger partial charge on any atom is -0.509 e. The molecule has 5 nitrogen and oxygen atoms in total. The molecule has 0 unspecified atom stereocenters. The Kier molecular flexibility index (Phi) is 12.0. The van der Waals surface area contributed by atoms with E-state index < -0.39 is 0 Å². The molecule has 7 aromatic rings. The largest absolute Gasteiger partial charge is 2.00 e. The predicted octanol–water partition coefficient (Wildman–Crippen LogP) is 12.0. The van der Waals surface area contributed by atoms with E-state index in [1.54, 1.807) is 5.56 Å². The molecule has 0 aliphatic rings. The number of aromatic nitrogens is 4. The number of hydrogen-bond acceptors (Lipinski definition) is 3. The van der Waals surface area contributed by atoms with E-state index in [1.807, 2.05) is 47.4 Å². The molecule has 3 aromatic heterocycles. The van der Waals surface area contributed by atoms with Gasteiger partial charge in [-0.25, -0.2) is 4.98 Å². The van der Waals surface area contributed by atoms with Gasteiger partial charge in [0.05, 0.1) is 6.20 Å². The fourth-order valence-electron chi connectivity index (χ4n) is 7.69. The Bertz CT molecular complexity index is 2350. The number of aryl methyl sites for hydroxylation is 2. The molecule has 0 spiro atoms. The molecule has 0 saturated carbocycles. The molecule has 6 heteroatoms. The van der Waals surface area contributed by atoms with Crippen molar-refractivity contribution in [3.63, 3.8) is 0 Å². The maximum atomic E-state index is 6.46. The van der Waals surface area contributed by atoms with Gasteiger partial charge in [-0.15, -0.1) is 35.7 Å². The quantitative estimate of drug-likeness (QED) is 0.108. The molecule has 0 aliphatic heterocycles. The minimum atomic E-state index is 0. The predicted molar refractivity (Wildman–Crippen MR) is 215 cm³/mol. The van der Waals surface area contributed by atoms with Crippen molar-refractivity contribution in [2.45, 2.75) is 87.0 Å². The van der Waals surface area contributed by atoms with Crippen molar-refractivity contribution in [2.24, 2.45) is 11.8 Å². The summed E-state index contributed by atoms with van der Waals surface area (Å²) in [5.41, 5.74) is 12.6. The molecule has 274 valence electrons. The van der Waals surface area contributed by atoms with E-state index >= 15 is 0 Å². The van der Waals surface area contributed by atoms with Gasteiger partial charge in [-0.05, 0) is 107 Å². The number of rotatable bonds is 13. The zero-order chi connectivity index (χ0) is 36.4. The SMILES string of the molecule is CCCc1cc(CC(C)C)c(CC(C)C)c(CCC)c1-c1cnn(-c2[c-]c(Oc3[c-]c4c(cc3)c3ccccc3n4-c3cc(C)ccn3)ccc2)c1.[Pt+2]. The van der Waals surface area contributed by atoms with E-state index in [9.17, 15) is 0 Å². The molecule has 0 N–H and O–H groups in total. The van der Waals surface area contributed by atoms with Gasteiger partial charge < -0.3 is 9.30 Å². The third kappa shape index (κ3) is 8.06. The van der Waals surface area contributed by atoms with Gasteiger partial charge in [-0.1, -0.05) is 84.2 Å². The zero-order valence-electron chi connectivity index (χ0n) is 32.1. The summed E-state index contributed by atoms with van der Waals surface area (Å²) in [5, 5.41) is 7.16. The van der Waals surface area contributed by atoms with Gasteiger partial charge in [-0.3, -0.25) is 4.68 Å². The Morgan fingerprint density at radius 3 is 2.28 bits per heavy atom. The topological polar surface area (TPSA) is 44.9 Å². The van der Waals surface area contributed by atoms with Crippen LogP contribution in [0.3, 0.4) is 0 Å². The van der Waals surface area contributed by atoms with E-state index in [2.05, 4.69) is 114 Å². The maximum Gasteiger partial charge on any atom is 2.00 e. The molecular weight excluding hydrogens is 832 g/mol. The van der Waals surface area contributed by atoms with Crippen LogP contribution in [0.15, 0.2) is 91.4 Å². The number of hydrogen-bond donors (Lipinski definition) is 0. The van der Waals surface area contributed by atoms with E-state index in [0.29, 0.717) is 23.3 Å². The van der Waals surface area contributed by atoms with Crippen LogP contribution in [0, 0.1) is 30.9 Å². The van der Waals surface area contributed by atoms with Crippen LogP contribution >= 0.6 is 0 Å². The van der Waals surface area contributed by atoms with Crippen molar-refractivity contribution < 1.29 is 25.8 Å². The number of para-hydroxylation sites is 1. The van der Waals surface area contributed by atoms with E-state index in [0.717, 1.165) is 77.4 Å². The number of nitrogens with zero attached hydrogens (tertiary/aromatic N) is 4. The smallest absolute Gasteiger partial charge is 0.509 e. The first-order valence-corrected chi connectivity index (χ1v) is 19.0. The van der Waals surface area contributed by atoms with Crippen LogP contribution in [-0.4, -0.2) is 19.3 Å². The fraction of sp³-hybridized carbons (Fsp3) is 0.319. The van der Waals surface area contributed by atoms with Crippen molar-refractivity contribution >= 4 is 21.8 Å². The monoisotopic (exact) mass is 881 g/mol. The van der Waals surface area contributed by atoms with E-state index in [4.69, 9.17) is 14.8 Å². The Balaban J connectivity index is 0.00000481. The molecule has 3 heterocycles. The first-order chi connectivity index (χ1) is 25.2. The van der Waals surface area contributed by atoms with Gasteiger partial charge in [0.2, 0.25) is 0 Å². The Hall–Kier alpha value is -4.47. The summed E-state index contributed by atoms with van der Waals surface area (Å²) in [6.07, 6.45) is 12.6. The summed E-state index contributed by atoms with van der Waals surface area (Å²) in [4.78, 5) is 4.72. The number of benzene rings is 4. The minimum absolute atomic E-state index is 0. The summed E-state index contributed by atoms with van der Waals surface area (Å²) in [7, 11) is 0. The molecule has 0 radical (unpaired) electrons. The molecule has 0 atom stereocenters. The van der Waals surface area contributed by atoms with Crippen molar-refractivity contribution in [1.29, 1.82) is 0 Å². The van der Waals surface area contributed by atoms with Crippen LogP contribution in [0.1, 0.15) is 82.2 Å². The number of ether oxygens (including phenoxy) is 1. The molecular formula is C47H50N4OPt. The molecule has 0 saturated heterocycles. The molecule has 0 amide bonds. The third-order valence-electron chi connectivity index (χ3n) is 9.76. The van der Waals surface area contributed by atoms with E-state index in [1.165, 1.54) is 27.8 Å². The fourth-order valence-corrected chi connectivity index (χ4v) is 7.69. The average Bonchev–Trinajstić information content (AvgIpc) is 3.73. The molecule has 7 rings (SSSR count). The molecule has 0 bridgehead atoms. The van der Waals surface area contributed by atoms with Gasteiger partial charge in [0.25, 0.3) is 0 Å². The third-order valence-corrected chi connectivity index (χ3v) is 9.76. The zero-order valence-corrected chi connectivity index (χ0v) is 34.3.